The summed E-state index contributed by atoms with van der Waals surface area (Å²) in [6.45, 7) is 4.58. The van der Waals surface area contributed by atoms with Crippen molar-refractivity contribution < 1.29 is 0 Å². The molecule has 1 aliphatic heterocycles. The summed E-state index contributed by atoms with van der Waals surface area (Å²) in [5, 5.41) is 0.817. The van der Waals surface area contributed by atoms with E-state index in [0.717, 1.165) is 5.25 Å². The van der Waals surface area contributed by atoms with Crippen LogP contribution in [0.25, 0.3) is 0 Å². The first-order chi connectivity index (χ1) is 7.75. The van der Waals surface area contributed by atoms with Crippen LogP contribution in [0.4, 0.5) is 0 Å². The van der Waals surface area contributed by atoms with Crippen molar-refractivity contribution >= 4 is 11.8 Å². The highest BCUT2D eigenvalue weighted by Crippen LogP contribution is 2.38. The first-order valence-corrected chi connectivity index (χ1v) is 7.04. The highest BCUT2D eigenvalue weighted by atomic mass is 32.2. The minimum absolute atomic E-state index is 0.715. The van der Waals surface area contributed by atoms with E-state index >= 15 is 0 Å². The topological polar surface area (TPSA) is 0 Å². The third kappa shape index (κ3) is 3.15. The summed E-state index contributed by atoms with van der Waals surface area (Å²) in [5.41, 5.74) is 1.47. The molecule has 0 saturated heterocycles. The minimum atomic E-state index is 0.715. The zero-order valence-corrected chi connectivity index (χ0v) is 11.0. The molecule has 1 heteroatoms. The zero-order valence-electron chi connectivity index (χ0n) is 10.1. The van der Waals surface area contributed by atoms with Gasteiger partial charge in [-0.05, 0) is 35.6 Å². The van der Waals surface area contributed by atoms with Gasteiger partial charge in [-0.2, -0.15) is 0 Å². The summed E-state index contributed by atoms with van der Waals surface area (Å²) in [5.74, 6) is 0.715. The van der Waals surface area contributed by atoms with E-state index in [-0.39, 0.29) is 0 Å². The minimum Gasteiger partial charge on any atom is -0.127 e. The molecule has 0 bridgehead atoms. The number of hydrogen-bond acceptors (Lipinski definition) is 1. The molecule has 0 nitrogen and oxygen atoms in total. The second kappa shape index (κ2) is 5.58. The van der Waals surface area contributed by atoms with Crippen LogP contribution in [0.1, 0.15) is 32.3 Å². The molecular formula is C15H20S. The predicted molar refractivity (Wildman–Crippen MR) is 73.7 cm³/mol. The van der Waals surface area contributed by atoms with Crippen molar-refractivity contribution in [3.8, 4) is 0 Å². The van der Waals surface area contributed by atoms with Crippen LogP contribution in [0.15, 0.2) is 41.3 Å². The van der Waals surface area contributed by atoms with E-state index in [1.54, 1.807) is 4.91 Å². The fraction of sp³-hybridized carbons (Fsp3) is 0.467. The van der Waals surface area contributed by atoms with Gasteiger partial charge in [-0.1, -0.05) is 50.3 Å². The molecule has 0 radical (unpaired) electrons. The van der Waals surface area contributed by atoms with Crippen LogP contribution in [0.5, 0.6) is 0 Å². The Kier molecular flexibility index (Phi) is 4.11. The van der Waals surface area contributed by atoms with Gasteiger partial charge in [0.25, 0.3) is 0 Å². The van der Waals surface area contributed by atoms with Crippen molar-refractivity contribution in [2.24, 2.45) is 5.92 Å². The molecule has 1 atom stereocenters. The third-order valence-electron chi connectivity index (χ3n) is 3.05. The van der Waals surface area contributed by atoms with Gasteiger partial charge in [-0.3, -0.25) is 0 Å². The Labute approximate surface area is 103 Å². The first-order valence-electron chi connectivity index (χ1n) is 6.16. The van der Waals surface area contributed by atoms with E-state index in [0.29, 0.717) is 5.92 Å². The van der Waals surface area contributed by atoms with Crippen LogP contribution >= 0.6 is 11.8 Å². The van der Waals surface area contributed by atoms with Gasteiger partial charge in [0, 0.05) is 5.25 Å². The van der Waals surface area contributed by atoms with Gasteiger partial charge >= 0.3 is 0 Å². The second-order valence-corrected chi connectivity index (χ2v) is 6.13. The smallest absolute Gasteiger partial charge is 0.0129 e. The largest absolute Gasteiger partial charge is 0.127 e. The van der Waals surface area contributed by atoms with Crippen LogP contribution in [0.3, 0.4) is 0 Å². The Bertz CT molecular complexity index is 351. The Morgan fingerprint density at radius 1 is 1.25 bits per heavy atom. The van der Waals surface area contributed by atoms with E-state index in [2.05, 4.69) is 62.0 Å². The summed E-state index contributed by atoms with van der Waals surface area (Å²) >= 11 is 2.10. The van der Waals surface area contributed by atoms with E-state index in [1.807, 2.05) is 0 Å². The fourth-order valence-electron chi connectivity index (χ4n) is 2.06. The normalized spacial score (nSPS) is 20.2. The van der Waals surface area contributed by atoms with Crippen molar-refractivity contribution in [3.63, 3.8) is 0 Å². The van der Waals surface area contributed by atoms with E-state index in [9.17, 15) is 0 Å². The molecular weight excluding hydrogens is 212 g/mol. The lowest BCUT2D eigenvalue weighted by molar-refractivity contribution is 0.773. The quantitative estimate of drug-likeness (QED) is 0.727. The summed E-state index contributed by atoms with van der Waals surface area (Å²) in [6.07, 6.45) is 6.23. The Hall–Kier alpha value is -0.690. The maximum absolute atomic E-state index is 2.44. The molecule has 0 aromatic heterocycles. The van der Waals surface area contributed by atoms with Crippen LogP contribution in [0.2, 0.25) is 0 Å². The van der Waals surface area contributed by atoms with Crippen molar-refractivity contribution in [1.29, 1.82) is 0 Å². The lowest BCUT2D eigenvalue weighted by atomic mass is 10.1. The maximum Gasteiger partial charge on any atom is 0.0129 e. The number of benzene rings is 1. The van der Waals surface area contributed by atoms with Gasteiger partial charge in [-0.15, -0.1) is 11.8 Å². The van der Waals surface area contributed by atoms with Crippen molar-refractivity contribution in [1.82, 2.24) is 0 Å². The molecule has 1 heterocycles. The lowest BCUT2D eigenvalue weighted by Crippen LogP contribution is -2.00. The first kappa shape index (κ1) is 11.8. The van der Waals surface area contributed by atoms with Crippen LogP contribution in [0, 0.1) is 5.92 Å². The van der Waals surface area contributed by atoms with Gasteiger partial charge in [0.05, 0.1) is 0 Å². The Morgan fingerprint density at radius 3 is 2.62 bits per heavy atom. The monoisotopic (exact) mass is 232 g/mol. The Balaban J connectivity index is 1.78. The molecule has 1 aromatic carbocycles. The van der Waals surface area contributed by atoms with Crippen LogP contribution < -0.4 is 0 Å². The van der Waals surface area contributed by atoms with Gasteiger partial charge < -0.3 is 0 Å². The van der Waals surface area contributed by atoms with E-state index in [1.165, 1.54) is 24.8 Å². The summed E-state index contributed by atoms with van der Waals surface area (Å²) in [6, 6.07) is 10.8. The standard InChI is InChI=1S/C15H20S/c1-12(2)15-11-10-14(16-15)9-8-13-6-4-3-5-7-13/h3-7,11-12,14H,8-10H2,1-2H3. The fourth-order valence-corrected chi connectivity index (χ4v) is 3.33. The number of hydrogen-bond donors (Lipinski definition) is 0. The molecule has 0 amide bonds. The van der Waals surface area contributed by atoms with Crippen LogP contribution in [-0.2, 0) is 6.42 Å². The van der Waals surface area contributed by atoms with Gasteiger partial charge in [-0.25, -0.2) is 0 Å². The van der Waals surface area contributed by atoms with Crippen LogP contribution in [-0.4, -0.2) is 5.25 Å². The molecule has 0 N–H and O–H groups in total. The molecule has 16 heavy (non-hydrogen) atoms. The molecule has 1 unspecified atom stereocenters. The summed E-state index contributed by atoms with van der Waals surface area (Å²) in [7, 11) is 0. The average Bonchev–Trinajstić information content (AvgIpc) is 2.76. The van der Waals surface area contributed by atoms with Gasteiger partial charge in [0.2, 0.25) is 0 Å². The van der Waals surface area contributed by atoms with Crippen molar-refractivity contribution in [2.75, 3.05) is 0 Å². The maximum atomic E-state index is 2.44. The average molecular weight is 232 g/mol. The highest BCUT2D eigenvalue weighted by molar-refractivity contribution is 8.03. The van der Waals surface area contributed by atoms with Gasteiger partial charge in [0.1, 0.15) is 0 Å². The summed E-state index contributed by atoms with van der Waals surface area (Å²) < 4.78 is 0. The number of rotatable bonds is 4. The Morgan fingerprint density at radius 2 is 2.00 bits per heavy atom. The molecule has 1 aliphatic rings. The van der Waals surface area contributed by atoms with Crippen molar-refractivity contribution in [3.05, 3.63) is 46.9 Å². The molecule has 0 saturated carbocycles. The molecule has 1 aromatic rings. The third-order valence-corrected chi connectivity index (χ3v) is 4.72. The number of aryl methyl sites for hydroxylation is 1. The SMILES string of the molecule is CC(C)C1=CCC(CCc2ccccc2)S1. The highest BCUT2D eigenvalue weighted by Gasteiger charge is 2.19. The summed E-state index contributed by atoms with van der Waals surface area (Å²) in [4.78, 5) is 1.60. The molecule has 0 aliphatic carbocycles. The molecule has 0 spiro atoms. The van der Waals surface area contributed by atoms with Gasteiger partial charge in [0.15, 0.2) is 0 Å². The lowest BCUT2D eigenvalue weighted by Gasteiger charge is -2.11. The van der Waals surface area contributed by atoms with E-state index in [4.69, 9.17) is 0 Å². The predicted octanol–water partition coefficient (Wildman–Crippen LogP) is 4.66. The molecule has 2 rings (SSSR count). The zero-order chi connectivity index (χ0) is 11.4. The molecule has 86 valence electrons. The van der Waals surface area contributed by atoms with E-state index < -0.39 is 0 Å². The second-order valence-electron chi connectivity index (χ2n) is 4.76. The molecule has 0 fully saturated rings. The number of thioether (sulfide) groups is 1. The number of allylic oxidation sites excluding steroid dienone is 2. The van der Waals surface area contributed by atoms with Crippen molar-refractivity contribution in [2.45, 2.75) is 38.4 Å².